The number of benzene rings is 1. The van der Waals surface area contributed by atoms with Crippen LogP contribution >= 0.6 is 11.6 Å². The van der Waals surface area contributed by atoms with Crippen LogP contribution in [0.25, 0.3) is 0 Å². The Labute approximate surface area is 133 Å². The second-order valence-corrected chi connectivity index (χ2v) is 5.08. The van der Waals surface area contributed by atoms with Crippen LogP contribution in [0.15, 0.2) is 24.3 Å². The van der Waals surface area contributed by atoms with E-state index in [4.69, 9.17) is 16.3 Å². The highest BCUT2D eigenvalue weighted by Gasteiger charge is 2.11. The average Bonchev–Trinajstić information content (AvgIpc) is 2.94. The molecule has 1 N–H and O–H groups in total. The summed E-state index contributed by atoms with van der Waals surface area (Å²) in [5.74, 6) is 0.886. The molecule has 1 aromatic carbocycles. The number of ether oxygens (including phenoxy) is 1. The highest BCUT2D eigenvalue weighted by molar-refractivity contribution is 6.32. The number of hydrogen-bond acceptors (Lipinski definition) is 5. The molecule has 0 bridgehead atoms. The van der Waals surface area contributed by atoms with Crippen LogP contribution in [0.3, 0.4) is 0 Å². The molecule has 1 amide bonds. The molecule has 0 spiro atoms. The van der Waals surface area contributed by atoms with Gasteiger partial charge in [0.05, 0.1) is 5.02 Å². The van der Waals surface area contributed by atoms with Gasteiger partial charge < -0.3 is 10.1 Å². The maximum absolute atomic E-state index is 11.8. The van der Waals surface area contributed by atoms with Crippen molar-refractivity contribution < 1.29 is 9.53 Å². The number of halogens is 1. The van der Waals surface area contributed by atoms with Crippen molar-refractivity contribution in [3.63, 3.8) is 0 Å². The zero-order valence-corrected chi connectivity index (χ0v) is 13.1. The Morgan fingerprint density at radius 3 is 3.00 bits per heavy atom. The van der Waals surface area contributed by atoms with E-state index in [1.807, 2.05) is 12.1 Å². The molecule has 0 radical (unpaired) electrons. The molecule has 0 unspecified atom stereocenters. The van der Waals surface area contributed by atoms with Crippen molar-refractivity contribution in [2.45, 2.75) is 32.9 Å². The maximum Gasteiger partial charge on any atom is 0.241 e. The van der Waals surface area contributed by atoms with Gasteiger partial charge >= 0.3 is 0 Å². The Balaban J connectivity index is 1.89. The van der Waals surface area contributed by atoms with Crippen LogP contribution < -0.4 is 10.1 Å². The highest BCUT2D eigenvalue weighted by atomic mass is 35.5. The van der Waals surface area contributed by atoms with E-state index in [-0.39, 0.29) is 19.1 Å². The number of nitrogens with zero attached hydrogens (tertiary/aromatic N) is 4. The van der Waals surface area contributed by atoms with E-state index >= 15 is 0 Å². The van der Waals surface area contributed by atoms with Crippen molar-refractivity contribution in [3.05, 3.63) is 35.1 Å². The first-order chi connectivity index (χ1) is 10.7. The van der Waals surface area contributed by atoms with Gasteiger partial charge in [-0.25, -0.2) is 4.68 Å². The maximum atomic E-state index is 11.8. The van der Waals surface area contributed by atoms with E-state index in [1.165, 1.54) is 4.68 Å². The first-order valence-corrected chi connectivity index (χ1v) is 7.47. The smallest absolute Gasteiger partial charge is 0.241 e. The Morgan fingerprint density at radius 1 is 1.41 bits per heavy atom. The number of carbonyl (C=O) groups excluding carboxylic acids is 1. The molecule has 1 aromatic heterocycles. The van der Waals surface area contributed by atoms with E-state index in [0.29, 0.717) is 23.1 Å². The summed E-state index contributed by atoms with van der Waals surface area (Å²) in [6, 6.07) is 7.14. The first-order valence-electron chi connectivity index (χ1n) is 7.09. The lowest BCUT2D eigenvalue weighted by atomic mass is 10.3. The topological polar surface area (TPSA) is 81.9 Å². The number of amides is 1. The van der Waals surface area contributed by atoms with Gasteiger partial charge in [-0.3, -0.25) is 4.79 Å². The monoisotopic (exact) mass is 323 g/mol. The lowest BCUT2D eigenvalue weighted by Crippen LogP contribution is -2.29. The first kappa shape index (κ1) is 16.2. The lowest BCUT2D eigenvalue weighted by molar-refractivity contribution is -0.121. The van der Waals surface area contributed by atoms with E-state index in [2.05, 4.69) is 27.8 Å². The van der Waals surface area contributed by atoms with E-state index in [9.17, 15) is 4.79 Å². The van der Waals surface area contributed by atoms with Gasteiger partial charge in [0.2, 0.25) is 5.91 Å². The van der Waals surface area contributed by atoms with Gasteiger partial charge in [-0.15, -0.1) is 5.10 Å². The number of tetrazole rings is 1. The SMILES string of the molecule is CCCCNC(=O)Cn1nnnc1COc1ccccc1Cl. The van der Waals surface area contributed by atoms with Crippen LogP contribution in [0.1, 0.15) is 25.6 Å². The molecular formula is C14H18ClN5O2. The Morgan fingerprint density at radius 2 is 2.23 bits per heavy atom. The highest BCUT2D eigenvalue weighted by Crippen LogP contribution is 2.23. The number of hydrogen-bond donors (Lipinski definition) is 1. The van der Waals surface area contributed by atoms with Gasteiger partial charge in [0.15, 0.2) is 5.82 Å². The quantitative estimate of drug-likeness (QED) is 0.749. The molecule has 0 saturated carbocycles. The predicted octanol–water partition coefficient (Wildman–Crippen LogP) is 1.82. The van der Waals surface area contributed by atoms with Crippen LogP contribution in [0.4, 0.5) is 0 Å². The molecule has 7 nitrogen and oxygen atoms in total. The molecule has 8 heteroatoms. The normalized spacial score (nSPS) is 10.5. The van der Waals surface area contributed by atoms with Crippen LogP contribution in [-0.4, -0.2) is 32.7 Å². The number of unbranched alkanes of at least 4 members (excludes halogenated alkanes) is 1. The van der Waals surface area contributed by atoms with Gasteiger partial charge in [0.1, 0.15) is 18.9 Å². The summed E-state index contributed by atoms with van der Waals surface area (Å²) >= 11 is 6.01. The van der Waals surface area contributed by atoms with Gasteiger partial charge in [-0.2, -0.15) is 0 Å². The fourth-order valence-electron chi connectivity index (χ4n) is 1.75. The number of para-hydroxylation sites is 1. The van der Waals surface area contributed by atoms with Crippen LogP contribution in [-0.2, 0) is 17.9 Å². The molecule has 0 aliphatic heterocycles. The van der Waals surface area contributed by atoms with Crippen molar-refractivity contribution in [3.8, 4) is 5.75 Å². The van der Waals surface area contributed by atoms with Gasteiger partial charge in [0.25, 0.3) is 0 Å². The summed E-state index contributed by atoms with van der Waals surface area (Å²) in [7, 11) is 0. The zero-order chi connectivity index (χ0) is 15.8. The average molecular weight is 324 g/mol. The van der Waals surface area contributed by atoms with Crippen LogP contribution in [0.5, 0.6) is 5.75 Å². The standard InChI is InChI=1S/C14H18ClN5O2/c1-2-3-8-16-14(21)9-20-13(17-18-19-20)10-22-12-7-5-4-6-11(12)15/h4-7H,2-3,8-10H2,1H3,(H,16,21). The number of carbonyl (C=O) groups is 1. The van der Waals surface area contributed by atoms with E-state index in [1.54, 1.807) is 12.1 Å². The Bertz CT molecular complexity index is 617. The molecule has 2 rings (SSSR count). The van der Waals surface area contributed by atoms with Crippen molar-refractivity contribution >= 4 is 17.5 Å². The van der Waals surface area contributed by atoms with Crippen molar-refractivity contribution in [1.29, 1.82) is 0 Å². The second-order valence-electron chi connectivity index (χ2n) is 4.68. The molecule has 0 saturated heterocycles. The third-order valence-electron chi connectivity index (χ3n) is 2.95. The summed E-state index contributed by atoms with van der Waals surface area (Å²) in [6.07, 6.45) is 1.98. The minimum absolute atomic E-state index is 0.0674. The van der Waals surface area contributed by atoms with Crippen LogP contribution in [0, 0.1) is 0 Å². The van der Waals surface area contributed by atoms with Crippen LogP contribution in [0.2, 0.25) is 5.02 Å². The minimum atomic E-state index is -0.125. The van der Waals surface area contributed by atoms with Crippen molar-refractivity contribution in [2.24, 2.45) is 0 Å². The summed E-state index contributed by atoms with van der Waals surface area (Å²) in [4.78, 5) is 11.8. The molecule has 0 aliphatic carbocycles. The number of nitrogens with one attached hydrogen (secondary N) is 1. The summed E-state index contributed by atoms with van der Waals surface area (Å²) in [5, 5.41) is 14.6. The fraction of sp³-hybridized carbons (Fsp3) is 0.429. The predicted molar refractivity (Wildman–Crippen MR) is 81.5 cm³/mol. The molecule has 2 aromatic rings. The molecule has 0 aliphatic rings. The summed E-state index contributed by atoms with van der Waals surface area (Å²) < 4.78 is 6.99. The number of rotatable bonds is 8. The third kappa shape index (κ3) is 4.70. The Kier molecular flexibility index (Phi) is 6.14. The molecular weight excluding hydrogens is 306 g/mol. The van der Waals surface area contributed by atoms with Gasteiger partial charge in [-0.1, -0.05) is 37.1 Å². The van der Waals surface area contributed by atoms with Gasteiger partial charge in [-0.05, 0) is 29.0 Å². The second kappa shape index (κ2) is 8.33. The molecule has 1 heterocycles. The third-order valence-corrected chi connectivity index (χ3v) is 3.26. The molecule has 0 atom stereocenters. The largest absolute Gasteiger partial charge is 0.484 e. The van der Waals surface area contributed by atoms with E-state index < -0.39 is 0 Å². The van der Waals surface area contributed by atoms with Crippen molar-refractivity contribution in [1.82, 2.24) is 25.5 Å². The summed E-state index contributed by atoms with van der Waals surface area (Å²) in [6.45, 7) is 2.93. The zero-order valence-electron chi connectivity index (χ0n) is 12.3. The summed E-state index contributed by atoms with van der Waals surface area (Å²) in [5.41, 5.74) is 0. The molecule has 0 fully saturated rings. The fourth-order valence-corrected chi connectivity index (χ4v) is 1.94. The van der Waals surface area contributed by atoms with Crippen molar-refractivity contribution in [2.75, 3.05) is 6.54 Å². The molecule has 22 heavy (non-hydrogen) atoms. The minimum Gasteiger partial charge on any atom is -0.484 e. The van der Waals surface area contributed by atoms with E-state index in [0.717, 1.165) is 12.8 Å². The lowest BCUT2D eigenvalue weighted by Gasteiger charge is -2.08. The molecule has 118 valence electrons. The van der Waals surface area contributed by atoms with Gasteiger partial charge in [0, 0.05) is 6.54 Å². The Hall–Kier alpha value is -2.15. The number of aromatic nitrogens is 4.